The molecular weight excluding hydrogens is 344 g/mol. The standard InChI is InChI=1S/C16H15ClN6S/c1-9(2)7-12-8-13(19-18-12)14-20-21-16-23(14)22-15(24-16)10-3-5-11(17)6-4-10/h3-6,8-9H,7H2,1-2H3,(H,18,19). The van der Waals surface area contributed by atoms with Crippen molar-refractivity contribution in [2.45, 2.75) is 20.3 Å². The number of H-pyrrole nitrogens is 1. The summed E-state index contributed by atoms with van der Waals surface area (Å²) in [4.78, 5) is 0.739. The molecule has 1 N–H and O–H groups in total. The van der Waals surface area contributed by atoms with E-state index in [0.29, 0.717) is 16.8 Å². The van der Waals surface area contributed by atoms with Crippen LogP contribution in [0, 0.1) is 5.92 Å². The molecule has 0 aliphatic carbocycles. The number of nitrogens with one attached hydrogen (secondary N) is 1. The second-order valence-electron chi connectivity index (χ2n) is 6.01. The molecular formula is C16H15ClN6S. The van der Waals surface area contributed by atoms with Gasteiger partial charge in [0.1, 0.15) is 10.7 Å². The maximum Gasteiger partial charge on any atom is 0.235 e. The molecule has 3 aromatic heterocycles. The second kappa shape index (κ2) is 5.99. The van der Waals surface area contributed by atoms with E-state index >= 15 is 0 Å². The lowest BCUT2D eigenvalue weighted by Gasteiger charge is -1.98. The minimum Gasteiger partial charge on any atom is -0.282 e. The molecule has 0 saturated carbocycles. The number of rotatable bonds is 4. The van der Waals surface area contributed by atoms with E-state index in [2.05, 4.69) is 39.3 Å². The largest absolute Gasteiger partial charge is 0.282 e. The van der Waals surface area contributed by atoms with E-state index in [-0.39, 0.29) is 0 Å². The molecule has 0 spiro atoms. The lowest BCUT2D eigenvalue weighted by atomic mass is 10.1. The van der Waals surface area contributed by atoms with Gasteiger partial charge in [0.2, 0.25) is 10.8 Å². The summed E-state index contributed by atoms with van der Waals surface area (Å²) in [5, 5.41) is 22.1. The molecule has 24 heavy (non-hydrogen) atoms. The highest BCUT2D eigenvalue weighted by Crippen LogP contribution is 2.28. The Morgan fingerprint density at radius 1 is 1.21 bits per heavy atom. The van der Waals surface area contributed by atoms with E-state index in [1.165, 1.54) is 11.3 Å². The molecule has 0 fully saturated rings. The number of benzene rings is 1. The molecule has 1 aromatic carbocycles. The van der Waals surface area contributed by atoms with Crippen LogP contribution in [0.3, 0.4) is 0 Å². The zero-order valence-corrected chi connectivity index (χ0v) is 14.8. The fraction of sp³-hybridized carbons (Fsp3) is 0.250. The van der Waals surface area contributed by atoms with Gasteiger partial charge in [0.25, 0.3) is 0 Å². The van der Waals surface area contributed by atoms with Crippen LogP contribution in [0.2, 0.25) is 5.02 Å². The lowest BCUT2D eigenvalue weighted by Crippen LogP contribution is -1.93. The molecule has 0 unspecified atom stereocenters. The van der Waals surface area contributed by atoms with E-state index in [0.717, 1.165) is 33.3 Å². The summed E-state index contributed by atoms with van der Waals surface area (Å²) >= 11 is 7.43. The molecule has 0 aliphatic heterocycles. The van der Waals surface area contributed by atoms with Gasteiger partial charge in [0.15, 0.2) is 0 Å². The molecule has 4 rings (SSSR count). The zero-order valence-electron chi connectivity index (χ0n) is 13.2. The van der Waals surface area contributed by atoms with Gasteiger partial charge in [-0.3, -0.25) is 5.10 Å². The normalized spacial score (nSPS) is 11.7. The quantitative estimate of drug-likeness (QED) is 0.596. The maximum atomic E-state index is 5.94. The van der Waals surface area contributed by atoms with Crippen molar-refractivity contribution in [3.05, 3.63) is 41.0 Å². The van der Waals surface area contributed by atoms with Crippen molar-refractivity contribution in [2.75, 3.05) is 0 Å². The molecule has 0 bridgehead atoms. The van der Waals surface area contributed by atoms with Crippen LogP contribution >= 0.6 is 22.9 Å². The lowest BCUT2D eigenvalue weighted by molar-refractivity contribution is 0.633. The predicted molar refractivity (Wildman–Crippen MR) is 95.2 cm³/mol. The van der Waals surface area contributed by atoms with Crippen molar-refractivity contribution in [2.24, 2.45) is 5.92 Å². The average molecular weight is 359 g/mol. The summed E-state index contributed by atoms with van der Waals surface area (Å²) in [5.74, 6) is 1.21. The number of hydrogen-bond acceptors (Lipinski definition) is 5. The van der Waals surface area contributed by atoms with E-state index in [1.807, 2.05) is 30.3 Å². The third kappa shape index (κ3) is 2.81. The third-order valence-corrected chi connectivity index (χ3v) is 4.77. The molecule has 0 radical (unpaired) electrons. The molecule has 4 aromatic rings. The number of aromatic nitrogens is 6. The van der Waals surface area contributed by atoms with Crippen molar-refractivity contribution in [3.8, 4) is 22.1 Å². The predicted octanol–water partition coefficient (Wildman–Crippen LogP) is 4.09. The van der Waals surface area contributed by atoms with E-state index in [4.69, 9.17) is 11.6 Å². The van der Waals surface area contributed by atoms with Gasteiger partial charge >= 0.3 is 0 Å². The zero-order chi connectivity index (χ0) is 16.7. The third-order valence-electron chi connectivity index (χ3n) is 3.57. The van der Waals surface area contributed by atoms with E-state index in [9.17, 15) is 0 Å². The minimum absolute atomic E-state index is 0.562. The Bertz CT molecular complexity index is 982. The van der Waals surface area contributed by atoms with Crippen LogP contribution in [0.4, 0.5) is 0 Å². The van der Waals surface area contributed by atoms with Crippen LogP contribution in [-0.4, -0.2) is 30.0 Å². The Morgan fingerprint density at radius 2 is 2.00 bits per heavy atom. The Morgan fingerprint density at radius 3 is 2.75 bits per heavy atom. The van der Waals surface area contributed by atoms with Crippen LogP contribution in [0.15, 0.2) is 30.3 Å². The van der Waals surface area contributed by atoms with Gasteiger partial charge in [0, 0.05) is 16.3 Å². The van der Waals surface area contributed by atoms with Crippen LogP contribution in [-0.2, 0) is 6.42 Å². The van der Waals surface area contributed by atoms with Gasteiger partial charge in [-0.05, 0) is 30.5 Å². The average Bonchev–Trinajstić information content (AvgIpc) is 3.22. The Kier molecular flexibility index (Phi) is 3.82. The minimum atomic E-state index is 0.562. The summed E-state index contributed by atoms with van der Waals surface area (Å²) in [6.45, 7) is 4.35. The van der Waals surface area contributed by atoms with E-state index in [1.54, 1.807) is 4.52 Å². The Hall–Kier alpha value is -2.25. The summed E-state index contributed by atoms with van der Waals surface area (Å²) in [7, 11) is 0. The first kappa shape index (κ1) is 15.3. The molecule has 122 valence electrons. The summed E-state index contributed by atoms with van der Waals surface area (Å²) < 4.78 is 1.74. The Balaban J connectivity index is 1.72. The van der Waals surface area contributed by atoms with Crippen LogP contribution in [0.25, 0.3) is 27.1 Å². The summed E-state index contributed by atoms with van der Waals surface area (Å²) in [6, 6.07) is 9.61. The van der Waals surface area contributed by atoms with Gasteiger partial charge in [-0.2, -0.15) is 14.7 Å². The molecule has 6 nitrogen and oxygen atoms in total. The highest BCUT2D eigenvalue weighted by atomic mass is 35.5. The van der Waals surface area contributed by atoms with E-state index < -0.39 is 0 Å². The summed E-state index contributed by atoms with van der Waals surface area (Å²) in [6.07, 6.45) is 0.946. The highest BCUT2D eigenvalue weighted by molar-refractivity contribution is 7.19. The second-order valence-corrected chi connectivity index (χ2v) is 7.40. The number of aromatic amines is 1. The molecule has 0 saturated heterocycles. The van der Waals surface area contributed by atoms with Crippen LogP contribution in [0.5, 0.6) is 0 Å². The van der Waals surface area contributed by atoms with Crippen molar-refractivity contribution in [1.82, 2.24) is 30.0 Å². The number of halogens is 1. The smallest absolute Gasteiger partial charge is 0.235 e. The first-order valence-electron chi connectivity index (χ1n) is 7.63. The van der Waals surface area contributed by atoms with Gasteiger partial charge < -0.3 is 0 Å². The fourth-order valence-electron chi connectivity index (χ4n) is 2.51. The SMILES string of the molecule is CC(C)Cc1cc(-c2nnc3sc(-c4ccc(Cl)cc4)nn23)n[nH]1. The van der Waals surface area contributed by atoms with Crippen molar-refractivity contribution in [3.63, 3.8) is 0 Å². The van der Waals surface area contributed by atoms with Crippen molar-refractivity contribution < 1.29 is 0 Å². The van der Waals surface area contributed by atoms with Crippen molar-refractivity contribution in [1.29, 1.82) is 0 Å². The molecule has 0 aliphatic rings. The molecule has 0 amide bonds. The molecule has 0 atom stereocenters. The van der Waals surface area contributed by atoms with Crippen molar-refractivity contribution >= 4 is 27.9 Å². The Labute approximate surface area is 147 Å². The van der Waals surface area contributed by atoms with Crippen LogP contribution in [0.1, 0.15) is 19.5 Å². The number of nitrogens with zero attached hydrogens (tertiary/aromatic N) is 5. The fourth-order valence-corrected chi connectivity index (χ4v) is 3.48. The monoisotopic (exact) mass is 358 g/mol. The first-order valence-corrected chi connectivity index (χ1v) is 8.82. The van der Waals surface area contributed by atoms with Crippen LogP contribution < -0.4 is 0 Å². The molecule has 8 heteroatoms. The topological polar surface area (TPSA) is 71.8 Å². The maximum absolute atomic E-state index is 5.94. The highest BCUT2D eigenvalue weighted by Gasteiger charge is 2.17. The van der Waals surface area contributed by atoms with Gasteiger partial charge in [0.05, 0.1) is 0 Å². The number of hydrogen-bond donors (Lipinski definition) is 1. The summed E-state index contributed by atoms with van der Waals surface area (Å²) in [5.41, 5.74) is 2.85. The molecule has 3 heterocycles. The first-order chi connectivity index (χ1) is 11.6. The van der Waals surface area contributed by atoms with Gasteiger partial charge in [-0.15, -0.1) is 10.2 Å². The van der Waals surface area contributed by atoms with Gasteiger partial charge in [-0.1, -0.05) is 48.9 Å². The van der Waals surface area contributed by atoms with Gasteiger partial charge in [-0.25, -0.2) is 0 Å². The number of fused-ring (bicyclic) bond motifs is 1.